The van der Waals surface area contributed by atoms with Gasteiger partial charge in [0.1, 0.15) is 11.5 Å². The second-order valence-electron chi connectivity index (χ2n) is 8.44. The zero-order chi connectivity index (χ0) is 25.5. The number of ether oxygens (including phenoxy) is 2. The van der Waals surface area contributed by atoms with Crippen molar-refractivity contribution in [2.75, 3.05) is 46.9 Å². The van der Waals surface area contributed by atoms with Crippen LogP contribution in [0.4, 0.5) is 0 Å². The van der Waals surface area contributed by atoms with Crippen LogP contribution in [0.15, 0.2) is 77.7 Å². The molecule has 1 aliphatic rings. The van der Waals surface area contributed by atoms with E-state index in [2.05, 4.69) is 5.32 Å². The zero-order valence-corrected chi connectivity index (χ0v) is 21.3. The monoisotopic (exact) mass is 509 g/mol. The minimum absolute atomic E-state index is 0.0123. The summed E-state index contributed by atoms with van der Waals surface area (Å²) in [6.07, 6.45) is 0. The summed E-state index contributed by atoms with van der Waals surface area (Å²) in [5.74, 6) is 1.05. The second-order valence-corrected chi connectivity index (χ2v) is 10.4. The molecule has 0 spiro atoms. The molecule has 1 N–H and O–H groups in total. The summed E-state index contributed by atoms with van der Waals surface area (Å²) in [6, 6.07) is 21.4. The summed E-state index contributed by atoms with van der Waals surface area (Å²) in [5, 5.41) is 3.21. The van der Waals surface area contributed by atoms with Crippen LogP contribution >= 0.6 is 0 Å². The standard InChI is InChI=1S/C27H31N3O5S/c1-34-25-9-5-3-7-22(25)19-30(20-27(31)29-17-15-28-16-18-29)36(32,33)23-13-11-21(12-14-23)24-8-4-6-10-26(24)35-2/h3-14,28H,15-20H2,1-2H3. The number of para-hydroxylation sites is 2. The summed E-state index contributed by atoms with van der Waals surface area (Å²) in [6.45, 7) is 2.24. The van der Waals surface area contributed by atoms with E-state index in [1.54, 1.807) is 55.5 Å². The van der Waals surface area contributed by atoms with Gasteiger partial charge in [-0.25, -0.2) is 8.42 Å². The minimum atomic E-state index is -3.99. The van der Waals surface area contributed by atoms with Crippen LogP contribution in [0.5, 0.6) is 11.5 Å². The van der Waals surface area contributed by atoms with E-state index >= 15 is 0 Å². The first-order valence-corrected chi connectivity index (χ1v) is 13.2. The van der Waals surface area contributed by atoms with Gasteiger partial charge in [0, 0.05) is 43.9 Å². The summed E-state index contributed by atoms with van der Waals surface area (Å²) in [5.41, 5.74) is 2.38. The van der Waals surface area contributed by atoms with Crippen LogP contribution in [0, 0.1) is 0 Å². The van der Waals surface area contributed by atoms with Gasteiger partial charge in [-0.3, -0.25) is 4.79 Å². The predicted molar refractivity (Wildman–Crippen MR) is 138 cm³/mol. The molecule has 3 aromatic carbocycles. The molecule has 190 valence electrons. The number of piperazine rings is 1. The first kappa shape index (κ1) is 25.7. The van der Waals surface area contributed by atoms with E-state index in [4.69, 9.17) is 9.47 Å². The molecule has 0 bridgehead atoms. The van der Waals surface area contributed by atoms with Gasteiger partial charge in [0.25, 0.3) is 0 Å². The van der Waals surface area contributed by atoms with Crippen molar-refractivity contribution in [3.05, 3.63) is 78.4 Å². The highest BCUT2D eigenvalue weighted by atomic mass is 32.2. The lowest BCUT2D eigenvalue weighted by atomic mass is 10.1. The topological polar surface area (TPSA) is 88.2 Å². The highest BCUT2D eigenvalue weighted by Crippen LogP contribution is 2.31. The molecule has 8 nitrogen and oxygen atoms in total. The number of nitrogens with zero attached hydrogens (tertiary/aromatic N) is 2. The number of amides is 1. The SMILES string of the molecule is COc1ccccc1CN(CC(=O)N1CCNCC1)S(=O)(=O)c1ccc(-c2ccccc2OC)cc1. The van der Waals surface area contributed by atoms with Crippen LogP contribution < -0.4 is 14.8 Å². The van der Waals surface area contributed by atoms with Gasteiger partial charge < -0.3 is 19.7 Å². The smallest absolute Gasteiger partial charge is 0.243 e. The third kappa shape index (κ3) is 5.70. The number of carbonyl (C=O) groups is 1. The lowest BCUT2D eigenvalue weighted by Gasteiger charge is -2.30. The van der Waals surface area contributed by atoms with Gasteiger partial charge in [-0.2, -0.15) is 4.31 Å². The lowest BCUT2D eigenvalue weighted by Crippen LogP contribution is -2.50. The summed E-state index contributed by atoms with van der Waals surface area (Å²) < 4.78 is 39.7. The van der Waals surface area contributed by atoms with Crippen LogP contribution in [0.3, 0.4) is 0 Å². The summed E-state index contributed by atoms with van der Waals surface area (Å²) >= 11 is 0. The molecule has 0 aromatic heterocycles. The molecule has 0 atom stereocenters. The molecule has 1 heterocycles. The molecule has 1 amide bonds. The minimum Gasteiger partial charge on any atom is -0.496 e. The van der Waals surface area contributed by atoms with Gasteiger partial charge in [-0.05, 0) is 29.8 Å². The van der Waals surface area contributed by atoms with E-state index in [-0.39, 0.29) is 23.9 Å². The molecule has 9 heteroatoms. The van der Waals surface area contributed by atoms with E-state index in [1.165, 1.54) is 4.31 Å². The van der Waals surface area contributed by atoms with Gasteiger partial charge in [-0.1, -0.05) is 48.5 Å². The fourth-order valence-corrected chi connectivity index (χ4v) is 5.62. The van der Waals surface area contributed by atoms with E-state index in [0.29, 0.717) is 43.2 Å². The van der Waals surface area contributed by atoms with E-state index in [0.717, 1.165) is 11.1 Å². The second kappa shape index (κ2) is 11.6. The maximum Gasteiger partial charge on any atom is 0.243 e. The Labute approximate surface area is 212 Å². The molecule has 0 aliphatic carbocycles. The van der Waals surface area contributed by atoms with E-state index in [1.807, 2.05) is 36.4 Å². The van der Waals surface area contributed by atoms with Crippen LogP contribution in [-0.4, -0.2) is 70.5 Å². The van der Waals surface area contributed by atoms with Gasteiger partial charge in [-0.15, -0.1) is 0 Å². The van der Waals surface area contributed by atoms with E-state index < -0.39 is 10.0 Å². The quantitative estimate of drug-likeness (QED) is 0.477. The molecule has 4 rings (SSSR count). The summed E-state index contributed by atoms with van der Waals surface area (Å²) in [7, 11) is -0.847. The average Bonchev–Trinajstić information content (AvgIpc) is 2.93. The van der Waals surface area contributed by atoms with Gasteiger partial charge in [0.05, 0.1) is 25.7 Å². The molecule has 0 saturated carbocycles. The number of carbonyl (C=O) groups excluding carboxylic acids is 1. The van der Waals surface area contributed by atoms with E-state index in [9.17, 15) is 13.2 Å². The highest BCUT2D eigenvalue weighted by molar-refractivity contribution is 7.89. The van der Waals surface area contributed by atoms with Crippen LogP contribution in [0.2, 0.25) is 0 Å². The van der Waals surface area contributed by atoms with Crippen LogP contribution in [0.25, 0.3) is 11.1 Å². The van der Waals surface area contributed by atoms with Crippen molar-refractivity contribution in [2.45, 2.75) is 11.4 Å². The Kier molecular flexibility index (Phi) is 8.25. The maximum absolute atomic E-state index is 13.8. The molecule has 0 radical (unpaired) electrons. The van der Waals surface area contributed by atoms with Gasteiger partial charge in [0.2, 0.25) is 15.9 Å². The first-order valence-electron chi connectivity index (χ1n) is 11.8. The fraction of sp³-hybridized carbons (Fsp3) is 0.296. The third-order valence-corrected chi connectivity index (χ3v) is 8.04. The van der Waals surface area contributed by atoms with Crippen molar-refractivity contribution in [1.82, 2.24) is 14.5 Å². The Hall–Kier alpha value is -3.40. The number of methoxy groups -OCH3 is 2. The van der Waals surface area contributed by atoms with Crippen molar-refractivity contribution >= 4 is 15.9 Å². The third-order valence-electron chi connectivity index (χ3n) is 6.23. The first-order chi connectivity index (χ1) is 17.4. The lowest BCUT2D eigenvalue weighted by molar-refractivity contribution is -0.132. The Morgan fingerprint density at radius 1 is 0.889 bits per heavy atom. The molecule has 36 heavy (non-hydrogen) atoms. The van der Waals surface area contributed by atoms with Gasteiger partial charge in [0.15, 0.2) is 0 Å². The van der Waals surface area contributed by atoms with Crippen LogP contribution in [0.1, 0.15) is 5.56 Å². The zero-order valence-electron chi connectivity index (χ0n) is 20.5. The van der Waals surface area contributed by atoms with Crippen molar-refractivity contribution < 1.29 is 22.7 Å². The molecule has 1 saturated heterocycles. The fourth-order valence-electron chi connectivity index (χ4n) is 4.25. The Bertz CT molecular complexity index is 1290. The molecule has 1 fully saturated rings. The molecular formula is C27H31N3O5S. The summed E-state index contributed by atoms with van der Waals surface area (Å²) in [4.78, 5) is 14.9. The Morgan fingerprint density at radius 3 is 2.17 bits per heavy atom. The number of hydrogen-bond acceptors (Lipinski definition) is 6. The Morgan fingerprint density at radius 2 is 1.50 bits per heavy atom. The number of sulfonamides is 1. The number of hydrogen-bond donors (Lipinski definition) is 1. The van der Waals surface area contributed by atoms with Crippen molar-refractivity contribution in [1.29, 1.82) is 0 Å². The Balaban J connectivity index is 1.65. The predicted octanol–water partition coefficient (Wildman–Crippen LogP) is 2.99. The van der Waals surface area contributed by atoms with Crippen LogP contribution in [-0.2, 0) is 21.4 Å². The molecular weight excluding hydrogens is 478 g/mol. The molecule has 0 unspecified atom stereocenters. The number of benzene rings is 3. The molecule has 1 aliphatic heterocycles. The normalized spacial score (nSPS) is 14.0. The highest BCUT2D eigenvalue weighted by Gasteiger charge is 2.30. The average molecular weight is 510 g/mol. The van der Waals surface area contributed by atoms with Crippen molar-refractivity contribution in [3.63, 3.8) is 0 Å². The molecule has 3 aromatic rings. The number of rotatable bonds is 9. The van der Waals surface area contributed by atoms with Crippen molar-refractivity contribution in [3.8, 4) is 22.6 Å². The number of nitrogens with one attached hydrogen (secondary N) is 1. The largest absolute Gasteiger partial charge is 0.496 e. The van der Waals surface area contributed by atoms with Crippen molar-refractivity contribution in [2.24, 2.45) is 0 Å². The maximum atomic E-state index is 13.8. The van der Waals surface area contributed by atoms with Gasteiger partial charge >= 0.3 is 0 Å².